The van der Waals surface area contributed by atoms with Crippen LogP contribution in [0.4, 0.5) is 11.5 Å². The molecule has 0 saturated carbocycles. The number of hydrogen-bond acceptors (Lipinski definition) is 5. The minimum absolute atomic E-state index is 0.0304. The van der Waals surface area contributed by atoms with Gasteiger partial charge in [0.15, 0.2) is 5.69 Å². The van der Waals surface area contributed by atoms with E-state index in [4.69, 9.17) is 10.5 Å². The van der Waals surface area contributed by atoms with E-state index < -0.39 is 11.2 Å². The number of amides is 1. The van der Waals surface area contributed by atoms with Crippen molar-refractivity contribution in [3.63, 3.8) is 0 Å². The predicted octanol–water partition coefficient (Wildman–Crippen LogP) is 1.13. The van der Waals surface area contributed by atoms with E-state index in [1.807, 2.05) is 26.0 Å². The summed E-state index contributed by atoms with van der Waals surface area (Å²) in [7, 11) is 1.50. The number of aromatic amines is 1. The van der Waals surface area contributed by atoms with Gasteiger partial charge in [-0.05, 0) is 25.5 Å². The first kappa shape index (κ1) is 19.5. The third-order valence-corrected chi connectivity index (χ3v) is 3.99. The molecule has 140 valence electrons. The fourth-order valence-corrected chi connectivity index (χ4v) is 2.63. The van der Waals surface area contributed by atoms with Crippen LogP contribution < -0.4 is 21.9 Å². The van der Waals surface area contributed by atoms with Gasteiger partial charge >= 0.3 is 5.69 Å². The Bertz CT molecular complexity index is 884. The topological polar surface area (TPSA) is 110 Å². The second-order valence-corrected chi connectivity index (χ2v) is 5.96. The number of methoxy groups -OCH3 is 1. The quantitative estimate of drug-likeness (QED) is 0.769. The summed E-state index contributed by atoms with van der Waals surface area (Å²) in [6, 6.07) is 6.99. The van der Waals surface area contributed by atoms with Crippen LogP contribution in [0, 0.1) is 6.92 Å². The van der Waals surface area contributed by atoms with E-state index in [0.717, 1.165) is 5.56 Å². The molecule has 26 heavy (non-hydrogen) atoms. The molecule has 0 aliphatic heterocycles. The summed E-state index contributed by atoms with van der Waals surface area (Å²) in [4.78, 5) is 40.9. The first-order valence-electron chi connectivity index (χ1n) is 8.40. The van der Waals surface area contributed by atoms with Crippen molar-refractivity contribution in [2.24, 2.45) is 0 Å². The molecule has 0 radical (unpaired) electrons. The number of aromatic nitrogens is 2. The molecule has 0 spiro atoms. The molecule has 0 aliphatic carbocycles. The summed E-state index contributed by atoms with van der Waals surface area (Å²) in [5.41, 5.74) is 6.19. The fourth-order valence-electron chi connectivity index (χ4n) is 2.63. The minimum Gasteiger partial charge on any atom is -0.383 e. The van der Waals surface area contributed by atoms with Gasteiger partial charge in [-0.25, -0.2) is 4.79 Å². The number of carbonyl (C=O) groups excluding carboxylic acids is 1. The number of carbonyl (C=O) groups is 1. The predicted molar refractivity (Wildman–Crippen MR) is 101 cm³/mol. The molecule has 0 atom stereocenters. The number of hydrogen-bond donors (Lipinski definition) is 2. The monoisotopic (exact) mass is 360 g/mol. The Kier molecular flexibility index (Phi) is 6.35. The van der Waals surface area contributed by atoms with Gasteiger partial charge in [0.05, 0.1) is 6.61 Å². The fraction of sp³-hybridized carbons (Fsp3) is 0.389. The number of rotatable bonds is 7. The Morgan fingerprint density at radius 2 is 1.92 bits per heavy atom. The average molecular weight is 360 g/mol. The van der Waals surface area contributed by atoms with E-state index in [2.05, 4.69) is 4.98 Å². The summed E-state index contributed by atoms with van der Waals surface area (Å²) >= 11 is 0. The van der Waals surface area contributed by atoms with E-state index in [9.17, 15) is 14.4 Å². The molecule has 8 heteroatoms. The third-order valence-electron chi connectivity index (χ3n) is 3.99. The van der Waals surface area contributed by atoms with Gasteiger partial charge in [-0.2, -0.15) is 0 Å². The number of aryl methyl sites for hydroxylation is 1. The Morgan fingerprint density at radius 3 is 2.50 bits per heavy atom. The minimum atomic E-state index is -0.698. The van der Waals surface area contributed by atoms with Crippen LogP contribution in [0.1, 0.15) is 29.3 Å². The second kappa shape index (κ2) is 8.48. The number of H-pyrrole nitrogens is 1. The lowest BCUT2D eigenvalue weighted by atomic mass is 10.1. The van der Waals surface area contributed by atoms with Crippen molar-refractivity contribution in [1.82, 2.24) is 9.55 Å². The zero-order valence-electron chi connectivity index (χ0n) is 15.2. The van der Waals surface area contributed by atoms with E-state index in [-0.39, 0.29) is 30.6 Å². The highest BCUT2D eigenvalue weighted by molar-refractivity contribution is 6.07. The average Bonchev–Trinajstić information content (AvgIpc) is 2.61. The molecule has 0 saturated heterocycles. The molecule has 0 bridgehead atoms. The highest BCUT2D eigenvalue weighted by atomic mass is 16.5. The molecule has 2 aromatic rings. The van der Waals surface area contributed by atoms with Crippen LogP contribution >= 0.6 is 0 Å². The highest BCUT2D eigenvalue weighted by Gasteiger charge is 2.25. The molecule has 1 amide bonds. The van der Waals surface area contributed by atoms with Crippen LogP contribution in [0.5, 0.6) is 0 Å². The molecule has 3 N–H and O–H groups in total. The van der Waals surface area contributed by atoms with Gasteiger partial charge in [-0.1, -0.05) is 24.6 Å². The lowest BCUT2D eigenvalue weighted by Crippen LogP contribution is -2.42. The molecule has 0 aliphatic rings. The summed E-state index contributed by atoms with van der Waals surface area (Å²) in [6.07, 6.45) is 0.652. The number of nitrogens with one attached hydrogen (secondary N) is 1. The molecular formula is C18H24N4O4. The van der Waals surface area contributed by atoms with Gasteiger partial charge in [-0.15, -0.1) is 0 Å². The lowest BCUT2D eigenvalue weighted by molar-refractivity contribution is 0.0975. The summed E-state index contributed by atoms with van der Waals surface area (Å²) < 4.78 is 6.33. The number of nitrogens with zero attached hydrogens (tertiary/aromatic N) is 2. The standard InChI is InChI=1S/C18H24N4O4/c1-4-9-22-15(19)14(16(23)20-18(22)25)21(10-11-26-3)17(24)13-7-5-12(2)6-8-13/h5-8H,4,9-11,19H2,1-3H3,(H,20,23,25). The largest absolute Gasteiger partial charge is 0.383 e. The zero-order chi connectivity index (χ0) is 19.3. The van der Waals surface area contributed by atoms with Crippen molar-refractivity contribution in [1.29, 1.82) is 0 Å². The summed E-state index contributed by atoms with van der Waals surface area (Å²) in [5.74, 6) is -0.418. The van der Waals surface area contributed by atoms with Gasteiger partial charge in [-0.3, -0.25) is 24.0 Å². The van der Waals surface area contributed by atoms with Crippen LogP contribution in [0.15, 0.2) is 33.9 Å². The van der Waals surface area contributed by atoms with Crippen LogP contribution in [-0.2, 0) is 11.3 Å². The van der Waals surface area contributed by atoms with Crippen molar-refractivity contribution >= 4 is 17.4 Å². The van der Waals surface area contributed by atoms with E-state index in [0.29, 0.717) is 18.5 Å². The number of anilines is 2. The maximum absolute atomic E-state index is 13.0. The molecule has 8 nitrogen and oxygen atoms in total. The van der Waals surface area contributed by atoms with Crippen molar-refractivity contribution in [3.05, 3.63) is 56.2 Å². The van der Waals surface area contributed by atoms with Gasteiger partial charge in [0.25, 0.3) is 11.5 Å². The van der Waals surface area contributed by atoms with Crippen LogP contribution in [-0.4, -0.2) is 35.7 Å². The smallest absolute Gasteiger partial charge is 0.330 e. The molecule has 1 heterocycles. The van der Waals surface area contributed by atoms with Gasteiger partial charge in [0.1, 0.15) is 5.82 Å². The molecule has 1 aromatic carbocycles. The summed E-state index contributed by atoms with van der Waals surface area (Å²) in [5, 5.41) is 0. The van der Waals surface area contributed by atoms with E-state index >= 15 is 0 Å². The molecule has 0 unspecified atom stereocenters. The number of nitrogens with two attached hydrogens (primary N) is 1. The number of ether oxygens (including phenoxy) is 1. The van der Waals surface area contributed by atoms with E-state index in [1.54, 1.807) is 12.1 Å². The highest BCUT2D eigenvalue weighted by Crippen LogP contribution is 2.19. The van der Waals surface area contributed by atoms with Gasteiger partial charge in [0.2, 0.25) is 0 Å². The number of nitrogen functional groups attached to an aromatic ring is 1. The second-order valence-electron chi connectivity index (χ2n) is 5.96. The Balaban J connectivity index is 2.58. The van der Waals surface area contributed by atoms with Crippen molar-refractivity contribution < 1.29 is 9.53 Å². The maximum Gasteiger partial charge on any atom is 0.330 e. The SMILES string of the molecule is CCCn1c(N)c(N(CCOC)C(=O)c2ccc(C)cc2)c(=O)[nH]c1=O. The van der Waals surface area contributed by atoms with E-state index in [1.165, 1.54) is 16.6 Å². The maximum atomic E-state index is 13.0. The first-order valence-corrected chi connectivity index (χ1v) is 8.40. The molecule has 1 aromatic heterocycles. The molecular weight excluding hydrogens is 336 g/mol. The Hall–Kier alpha value is -2.87. The first-order chi connectivity index (χ1) is 12.4. The molecule has 0 fully saturated rings. The van der Waals surface area contributed by atoms with Crippen LogP contribution in [0.25, 0.3) is 0 Å². The van der Waals surface area contributed by atoms with Gasteiger partial charge in [0, 0.05) is 25.8 Å². The normalized spacial score (nSPS) is 10.7. The Morgan fingerprint density at radius 1 is 1.27 bits per heavy atom. The summed E-state index contributed by atoms with van der Waals surface area (Å²) in [6.45, 7) is 4.48. The molecule has 2 rings (SSSR count). The lowest BCUT2D eigenvalue weighted by Gasteiger charge is -2.24. The van der Waals surface area contributed by atoms with Crippen molar-refractivity contribution in [2.75, 3.05) is 30.9 Å². The van der Waals surface area contributed by atoms with Crippen LogP contribution in [0.3, 0.4) is 0 Å². The van der Waals surface area contributed by atoms with Crippen molar-refractivity contribution in [3.8, 4) is 0 Å². The third kappa shape index (κ3) is 4.02. The van der Waals surface area contributed by atoms with Crippen LogP contribution in [0.2, 0.25) is 0 Å². The zero-order valence-corrected chi connectivity index (χ0v) is 15.2. The van der Waals surface area contributed by atoms with Gasteiger partial charge < -0.3 is 10.5 Å². The number of benzene rings is 1. The van der Waals surface area contributed by atoms with Crippen molar-refractivity contribution in [2.45, 2.75) is 26.8 Å². The Labute approximate surface area is 151 Å².